The van der Waals surface area contributed by atoms with Crippen molar-refractivity contribution in [2.45, 2.75) is 5.16 Å². The molecule has 0 saturated heterocycles. The summed E-state index contributed by atoms with van der Waals surface area (Å²) in [4.78, 5) is 12.2. The fraction of sp³-hybridized carbons (Fsp3) is 0.0714. The van der Waals surface area contributed by atoms with Gasteiger partial charge in [0.2, 0.25) is 16.9 Å². The first-order valence-corrected chi connectivity index (χ1v) is 10.1. The quantitative estimate of drug-likeness (QED) is 0.363. The minimum atomic E-state index is -0.198. The highest BCUT2D eigenvalue weighted by molar-refractivity contribution is 9.11. The topological polar surface area (TPSA) is 99.0 Å². The second kappa shape index (κ2) is 7.94. The van der Waals surface area contributed by atoms with Crippen LogP contribution in [0.3, 0.4) is 0 Å². The van der Waals surface area contributed by atoms with E-state index in [9.17, 15) is 4.79 Å². The van der Waals surface area contributed by atoms with Crippen LogP contribution in [0.1, 0.15) is 0 Å². The Balaban J connectivity index is 1.66. The molecule has 0 saturated carbocycles. The molecule has 3 aromatic rings. The normalized spacial score (nSPS) is 10.8. The molecule has 25 heavy (non-hydrogen) atoms. The molecule has 7 nitrogen and oxygen atoms in total. The van der Waals surface area contributed by atoms with Gasteiger partial charge in [0.1, 0.15) is 0 Å². The van der Waals surface area contributed by atoms with E-state index in [4.69, 9.17) is 10.3 Å². The Morgan fingerprint density at radius 3 is 2.64 bits per heavy atom. The Labute approximate surface area is 172 Å². The van der Waals surface area contributed by atoms with E-state index in [2.05, 4.69) is 63.3 Å². The average Bonchev–Trinajstić information content (AvgIpc) is 3.18. The van der Waals surface area contributed by atoms with Crippen LogP contribution in [0.5, 0.6) is 0 Å². The Morgan fingerprint density at radius 1 is 1.28 bits per heavy atom. The van der Waals surface area contributed by atoms with Crippen LogP contribution in [-0.2, 0) is 4.79 Å². The number of hydrogen-bond acceptors (Lipinski definition) is 6. The summed E-state index contributed by atoms with van der Waals surface area (Å²) in [6, 6.07) is 7.16. The van der Waals surface area contributed by atoms with Gasteiger partial charge in [-0.3, -0.25) is 4.79 Å². The van der Waals surface area contributed by atoms with Gasteiger partial charge in [-0.1, -0.05) is 27.7 Å². The maximum absolute atomic E-state index is 12.2. The van der Waals surface area contributed by atoms with E-state index in [1.54, 1.807) is 12.1 Å². The lowest BCUT2D eigenvalue weighted by molar-refractivity contribution is -0.113. The molecule has 0 radical (unpaired) electrons. The Kier molecular flexibility index (Phi) is 5.87. The van der Waals surface area contributed by atoms with Gasteiger partial charge in [0.25, 0.3) is 0 Å². The summed E-state index contributed by atoms with van der Waals surface area (Å²) < 4.78 is 8.95. The van der Waals surface area contributed by atoms with E-state index < -0.39 is 0 Å². The van der Waals surface area contributed by atoms with Crippen LogP contribution in [0.25, 0.3) is 11.6 Å². The molecule has 3 N–H and O–H groups in total. The molecule has 0 aliphatic carbocycles. The highest BCUT2D eigenvalue weighted by atomic mass is 79.9. The van der Waals surface area contributed by atoms with Gasteiger partial charge < -0.3 is 15.6 Å². The zero-order valence-corrected chi connectivity index (χ0v) is 17.9. The zero-order chi connectivity index (χ0) is 18.0. The standard InChI is InChI=1S/C14H10Br3N5O2S/c15-7-4-8(16)12(9(17)5-7)19-11(23)6-25-14-21-20-13(22(14)18)10-2-1-3-24-10/h1-5H,6,18H2,(H,19,23). The van der Waals surface area contributed by atoms with Crippen LogP contribution in [-0.4, -0.2) is 26.5 Å². The average molecular weight is 552 g/mol. The van der Waals surface area contributed by atoms with Crippen LogP contribution in [0, 0.1) is 0 Å². The fourth-order valence-corrected chi connectivity index (χ4v) is 5.03. The minimum Gasteiger partial charge on any atom is -0.461 e. The number of benzene rings is 1. The zero-order valence-electron chi connectivity index (χ0n) is 12.4. The number of hydrogen-bond donors (Lipinski definition) is 2. The van der Waals surface area contributed by atoms with Crippen molar-refractivity contribution in [2.75, 3.05) is 16.9 Å². The molecule has 1 amide bonds. The number of rotatable bonds is 5. The number of nitrogens with two attached hydrogens (primary N) is 1. The largest absolute Gasteiger partial charge is 0.461 e. The summed E-state index contributed by atoms with van der Waals surface area (Å²) in [6.07, 6.45) is 1.53. The first-order valence-electron chi connectivity index (χ1n) is 6.77. The molecule has 0 unspecified atom stereocenters. The van der Waals surface area contributed by atoms with Gasteiger partial charge in [-0.2, -0.15) is 0 Å². The Morgan fingerprint density at radius 2 is 2.00 bits per heavy atom. The van der Waals surface area contributed by atoms with Crippen molar-refractivity contribution in [1.82, 2.24) is 14.9 Å². The number of anilines is 1. The number of carbonyl (C=O) groups excluding carboxylic acids is 1. The van der Waals surface area contributed by atoms with E-state index >= 15 is 0 Å². The van der Waals surface area contributed by atoms with Gasteiger partial charge in [0, 0.05) is 13.4 Å². The van der Waals surface area contributed by atoms with Crippen molar-refractivity contribution in [1.29, 1.82) is 0 Å². The highest BCUT2D eigenvalue weighted by Crippen LogP contribution is 2.34. The number of nitrogens with zero attached hydrogens (tertiary/aromatic N) is 3. The third kappa shape index (κ3) is 4.27. The molecule has 2 heterocycles. The summed E-state index contributed by atoms with van der Waals surface area (Å²) in [7, 11) is 0. The summed E-state index contributed by atoms with van der Waals surface area (Å²) in [6.45, 7) is 0. The highest BCUT2D eigenvalue weighted by Gasteiger charge is 2.16. The minimum absolute atomic E-state index is 0.127. The molecule has 3 rings (SSSR count). The number of nitrogens with one attached hydrogen (secondary N) is 1. The lowest BCUT2D eigenvalue weighted by Gasteiger charge is -2.10. The SMILES string of the molecule is Nn1c(SCC(=O)Nc2c(Br)cc(Br)cc2Br)nnc1-c1ccco1. The number of thioether (sulfide) groups is 1. The fourth-order valence-electron chi connectivity index (χ4n) is 1.92. The summed E-state index contributed by atoms with van der Waals surface area (Å²) in [5.41, 5.74) is 0.652. The molecule has 1 aromatic carbocycles. The number of nitrogen functional groups attached to an aromatic ring is 1. The smallest absolute Gasteiger partial charge is 0.234 e. The second-order valence-electron chi connectivity index (χ2n) is 4.73. The van der Waals surface area contributed by atoms with Crippen molar-refractivity contribution in [3.8, 4) is 11.6 Å². The molecule has 0 fully saturated rings. The number of furan rings is 1. The van der Waals surface area contributed by atoms with Crippen LogP contribution in [0.4, 0.5) is 5.69 Å². The maximum atomic E-state index is 12.2. The van der Waals surface area contributed by atoms with E-state index in [-0.39, 0.29) is 11.7 Å². The van der Waals surface area contributed by atoms with Gasteiger partial charge in [-0.15, -0.1) is 10.2 Å². The first-order chi connectivity index (χ1) is 12.0. The summed E-state index contributed by atoms with van der Waals surface area (Å²) in [5.74, 6) is 6.79. The predicted octanol–water partition coefficient (Wildman–Crippen LogP) is 4.27. The second-order valence-corrected chi connectivity index (χ2v) is 8.30. The number of aromatic nitrogens is 3. The molecule has 0 spiro atoms. The van der Waals surface area contributed by atoms with Crippen molar-refractivity contribution in [3.63, 3.8) is 0 Å². The van der Waals surface area contributed by atoms with Crippen molar-refractivity contribution in [3.05, 3.63) is 43.9 Å². The molecule has 0 bridgehead atoms. The van der Waals surface area contributed by atoms with Crippen molar-refractivity contribution >= 4 is 71.1 Å². The Hall–Kier alpha value is -1.30. The van der Waals surface area contributed by atoms with Gasteiger partial charge in [-0.25, -0.2) is 4.68 Å². The molecule has 11 heteroatoms. The molecule has 130 valence electrons. The van der Waals surface area contributed by atoms with Crippen LogP contribution < -0.4 is 11.2 Å². The van der Waals surface area contributed by atoms with Gasteiger partial charge in [0.15, 0.2) is 5.76 Å². The summed E-state index contributed by atoms with van der Waals surface area (Å²) in [5, 5.41) is 11.2. The maximum Gasteiger partial charge on any atom is 0.234 e. The number of amides is 1. The van der Waals surface area contributed by atoms with E-state index in [1.807, 2.05) is 12.1 Å². The molecule has 0 aliphatic heterocycles. The van der Waals surface area contributed by atoms with Gasteiger partial charge in [-0.05, 0) is 56.1 Å². The van der Waals surface area contributed by atoms with Gasteiger partial charge in [0.05, 0.1) is 17.7 Å². The van der Waals surface area contributed by atoms with Crippen molar-refractivity contribution < 1.29 is 9.21 Å². The number of halogens is 3. The van der Waals surface area contributed by atoms with E-state index in [0.29, 0.717) is 22.4 Å². The molecule has 2 aromatic heterocycles. The molecule has 0 atom stereocenters. The Bertz CT molecular complexity index is 890. The lowest BCUT2D eigenvalue weighted by atomic mass is 10.3. The predicted molar refractivity (Wildman–Crippen MR) is 107 cm³/mol. The van der Waals surface area contributed by atoms with Crippen molar-refractivity contribution in [2.24, 2.45) is 0 Å². The number of carbonyl (C=O) groups is 1. The molecule has 0 aliphatic rings. The lowest BCUT2D eigenvalue weighted by Crippen LogP contribution is -2.17. The van der Waals surface area contributed by atoms with Gasteiger partial charge >= 0.3 is 0 Å². The van der Waals surface area contributed by atoms with Crippen LogP contribution >= 0.6 is 59.6 Å². The first kappa shape index (κ1) is 18.5. The monoisotopic (exact) mass is 549 g/mol. The molecular weight excluding hydrogens is 542 g/mol. The third-order valence-corrected chi connectivity index (χ3v) is 5.66. The van der Waals surface area contributed by atoms with Crippen LogP contribution in [0.2, 0.25) is 0 Å². The van der Waals surface area contributed by atoms with E-state index in [0.717, 1.165) is 13.4 Å². The van der Waals surface area contributed by atoms with E-state index in [1.165, 1.54) is 22.7 Å². The molecular formula is C14H10Br3N5O2S. The summed E-state index contributed by atoms with van der Waals surface area (Å²) >= 11 is 11.4. The third-order valence-electron chi connectivity index (χ3n) is 3.01. The van der Waals surface area contributed by atoms with Crippen LogP contribution in [0.15, 0.2) is 53.5 Å².